The van der Waals surface area contributed by atoms with E-state index in [2.05, 4.69) is 5.32 Å². The van der Waals surface area contributed by atoms with E-state index in [0.29, 0.717) is 26.2 Å². The number of nitrogens with one attached hydrogen (secondary N) is 1. The Bertz CT molecular complexity index is 341. The van der Waals surface area contributed by atoms with Gasteiger partial charge in [0, 0.05) is 35.5 Å². The zero-order valence-electron chi connectivity index (χ0n) is 15.2. The van der Waals surface area contributed by atoms with Gasteiger partial charge in [0.15, 0.2) is 0 Å². The molecule has 0 aromatic carbocycles. The maximum absolute atomic E-state index is 11.5. The van der Waals surface area contributed by atoms with Gasteiger partial charge in [-0.1, -0.05) is 35.4 Å². The molecule has 0 aliphatic rings. The van der Waals surface area contributed by atoms with E-state index in [4.69, 9.17) is 9.47 Å². The van der Waals surface area contributed by atoms with E-state index in [0.717, 1.165) is 23.0 Å². The van der Waals surface area contributed by atoms with E-state index in [1.165, 1.54) is 0 Å². The second-order valence-corrected chi connectivity index (χ2v) is 9.52. The van der Waals surface area contributed by atoms with Crippen LogP contribution in [-0.2, 0) is 19.1 Å². The van der Waals surface area contributed by atoms with Gasteiger partial charge in [-0.3, -0.25) is 9.59 Å². The lowest BCUT2D eigenvalue weighted by molar-refractivity contribution is -0.145. The average Bonchev–Trinajstić information content (AvgIpc) is 2.52. The summed E-state index contributed by atoms with van der Waals surface area (Å²) in [4.78, 5) is 22.8. The van der Waals surface area contributed by atoms with Crippen LogP contribution in [0.2, 0.25) is 0 Å². The number of thioether (sulfide) groups is 1. The number of rotatable bonds is 15. The molecular formula is C16H31NO4S3. The molecule has 0 bridgehead atoms. The van der Waals surface area contributed by atoms with Crippen LogP contribution in [0.25, 0.3) is 0 Å². The molecule has 8 heteroatoms. The molecule has 1 amide bonds. The Morgan fingerprint density at radius 3 is 2.33 bits per heavy atom. The fourth-order valence-electron chi connectivity index (χ4n) is 1.40. The fraction of sp³-hybridized carbons (Fsp3) is 0.875. The molecule has 0 aliphatic carbocycles. The summed E-state index contributed by atoms with van der Waals surface area (Å²) in [5, 5.41) is 2.89. The van der Waals surface area contributed by atoms with E-state index in [1.807, 2.05) is 27.7 Å². The van der Waals surface area contributed by atoms with Crippen molar-refractivity contribution in [3.63, 3.8) is 0 Å². The van der Waals surface area contributed by atoms with E-state index in [9.17, 15) is 9.59 Å². The topological polar surface area (TPSA) is 64.6 Å². The largest absolute Gasteiger partial charge is 0.463 e. The minimum Gasteiger partial charge on any atom is -0.463 e. The second kappa shape index (κ2) is 16.4. The van der Waals surface area contributed by atoms with Crippen molar-refractivity contribution in [3.8, 4) is 0 Å². The number of esters is 1. The van der Waals surface area contributed by atoms with Gasteiger partial charge in [-0.25, -0.2) is 0 Å². The summed E-state index contributed by atoms with van der Waals surface area (Å²) in [5.41, 5.74) is 0. The summed E-state index contributed by atoms with van der Waals surface area (Å²) < 4.78 is 10.4. The second-order valence-electron chi connectivity index (χ2n) is 5.59. The molecule has 1 N–H and O–H groups in total. The first-order valence-corrected chi connectivity index (χ1v) is 11.9. The van der Waals surface area contributed by atoms with Gasteiger partial charge < -0.3 is 14.8 Å². The molecule has 0 rings (SSSR count). The summed E-state index contributed by atoms with van der Waals surface area (Å²) in [6.45, 7) is 9.21. The number of ether oxygens (including phenoxy) is 2. The van der Waals surface area contributed by atoms with Gasteiger partial charge in [0.05, 0.1) is 19.1 Å². The molecular weight excluding hydrogens is 366 g/mol. The molecule has 0 radical (unpaired) electrons. The Balaban J connectivity index is 3.24. The molecule has 0 aliphatic heterocycles. The number of hydrogen-bond donors (Lipinski definition) is 1. The van der Waals surface area contributed by atoms with Crippen LogP contribution in [-0.4, -0.2) is 60.8 Å². The Morgan fingerprint density at radius 2 is 1.67 bits per heavy atom. The molecule has 0 saturated carbocycles. The summed E-state index contributed by atoms with van der Waals surface area (Å²) in [7, 11) is 3.57. The third kappa shape index (κ3) is 16.8. The van der Waals surface area contributed by atoms with Crippen molar-refractivity contribution in [3.05, 3.63) is 0 Å². The minimum atomic E-state index is -0.155. The van der Waals surface area contributed by atoms with Crippen molar-refractivity contribution in [2.24, 2.45) is 5.92 Å². The molecule has 0 unspecified atom stereocenters. The zero-order chi connectivity index (χ0) is 18.2. The van der Waals surface area contributed by atoms with Crippen LogP contribution in [0.5, 0.6) is 0 Å². The molecule has 0 aromatic heterocycles. The Hall–Kier alpha value is -0.0500. The summed E-state index contributed by atoms with van der Waals surface area (Å²) in [5.74, 6) is 3.76. The van der Waals surface area contributed by atoms with Crippen LogP contribution in [0.15, 0.2) is 0 Å². The lowest BCUT2D eigenvalue weighted by atomic mass is 10.2. The van der Waals surface area contributed by atoms with Crippen molar-refractivity contribution in [2.45, 2.75) is 40.2 Å². The summed E-state index contributed by atoms with van der Waals surface area (Å²) >= 11 is 1.76. The maximum atomic E-state index is 11.5. The van der Waals surface area contributed by atoms with Gasteiger partial charge in [-0.05, 0) is 13.8 Å². The average molecular weight is 398 g/mol. The van der Waals surface area contributed by atoms with Crippen molar-refractivity contribution in [1.82, 2.24) is 5.32 Å². The Kier molecular flexibility index (Phi) is 16.4. The Labute approximate surface area is 158 Å². The molecule has 24 heavy (non-hydrogen) atoms. The van der Waals surface area contributed by atoms with Crippen LogP contribution >= 0.6 is 33.3 Å². The Morgan fingerprint density at radius 1 is 0.958 bits per heavy atom. The first kappa shape index (κ1) is 23.9. The van der Waals surface area contributed by atoms with Crippen LogP contribution in [0, 0.1) is 5.92 Å². The molecule has 0 aromatic rings. The van der Waals surface area contributed by atoms with Crippen molar-refractivity contribution < 1.29 is 19.1 Å². The predicted octanol–water partition coefficient (Wildman–Crippen LogP) is 3.23. The SMILES string of the molecule is CC(C)OCCOC(=O)CCSCCSSCCNC(=O)C(C)C. The highest BCUT2D eigenvalue weighted by molar-refractivity contribution is 8.76. The number of carbonyl (C=O) groups excluding carboxylic acids is 2. The highest BCUT2D eigenvalue weighted by Crippen LogP contribution is 2.21. The molecule has 142 valence electrons. The third-order valence-electron chi connectivity index (χ3n) is 2.65. The van der Waals surface area contributed by atoms with Gasteiger partial charge in [0.1, 0.15) is 6.61 Å². The predicted molar refractivity (Wildman–Crippen MR) is 107 cm³/mol. The van der Waals surface area contributed by atoms with Crippen LogP contribution < -0.4 is 5.32 Å². The maximum Gasteiger partial charge on any atom is 0.306 e. The molecule has 0 heterocycles. The standard InChI is InChI=1S/C16H31NO4S3/c1-13(2)16(19)17-6-10-23-24-12-11-22-9-5-15(18)21-8-7-20-14(3)4/h13-14H,5-12H2,1-4H3,(H,17,19). The summed E-state index contributed by atoms with van der Waals surface area (Å²) in [6.07, 6.45) is 0.617. The molecule has 0 fully saturated rings. The van der Waals surface area contributed by atoms with Crippen molar-refractivity contribution in [2.75, 3.05) is 42.8 Å². The van der Waals surface area contributed by atoms with Gasteiger partial charge in [0.2, 0.25) is 5.91 Å². The molecule has 0 atom stereocenters. The fourth-order valence-corrected chi connectivity index (χ4v) is 4.65. The van der Waals surface area contributed by atoms with Crippen LogP contribution in [0.1, 0.15) is 34.1 Å². The lowest BCUT2D eigenvalue weighted by Gasteiger charge is -2.08. The number of carbonyl (C=O) groups is 2. The van der Waals surface area contributed by atoms with Gasteiger partial charge in [-0.2, -0.15) is 11.8 Å². The van der Waals surface area contributed by atoms with E-state index < -0.39 is 0 Å². The van der Waals surface area contributed by atoms with Gasteiger partial charge in [-0.15, -0.1) is 0 Å². The normalized spacial score (nSPS) is 11.1. The first-order valence-electron chi connectivity index (χ1n) is 8.30. The van der Waals surface area contributed by atoms with E-state index in [1.54, 1.807) is 33.3 Å². The molecule has 5 nitrogen and oxygen atoms in total. The van der Waals surface area contributed by atoms with E-state index in [-0.39, 0.29) is 23.9 Å². The van der Waals surface area contributed by atoms with Gasteiger partial charge in [0.25, 0.3) is 0 Å². The summed E-state index contributed by atoms with van der Waals surface area (Å²) in [6, 6.07) is 0. The van der Waals surface area contributed by atoms with Crippen LogP contribution in [0.4, 0.5) is 0 Å². The number of hydrogen-bond acceptors (Lipinski definition) is 7. The van der Waals surface area contributed by atoms with Crippen molar-refractivity contribution in [1.29, 1.82) is 0 Å². The monoisotopic (exact) mass is 397 g/mol. The van der Waals surface area contributed by atoms with Crippen LogP contribution in [0.3, 0.4) is 0 Å². The van der Waals surface area contributed by atoms with Crippen molar-refractivity contribution >= 4 is 45.2 Å². The highest BCUT2D eigenvalue weighted by atomic mass is 33.1. The minimum absolute atomic E-state index is 0.0495. The molecule has 0 saturated heterocycles. The van der Waals surface area contributed by atoms with Gasteiger partial charge >= 0.3 is 5.97 Å². The number of amides is 1. The quantitative estimate of drug-likeness (QED) is 0.258. The van der Waals surface area contributed by atoms with E-state index >= 15 is 0 Å². The first-order chi connectivity index (χ1) is 11.4. The highest BCUT2D eigenvalue weighted by Gasteiger charge is 2.05. The lowest BCUT2D eigenvalue weighted by Crippen LogP contribution is -2.29. The molecule has 0 spiro atoms. The third-order valence-corrected chi connectivity index (χ3v) is 6.30. The zero-order valence-corrected chi connectivity index (χ0v) is 17.6. The smallest absolute Gasteiger partial charge is 0.306 e.